The Hall–Kier alpha value is -2.77. The summed E-state index contributed by atoms with van der Waals surface area (Å²) in [5, 5.41) is 3.42. The summed E-state index contributed by atoms with van der Waals surface area (Å²) in [5.41, 5.74) is 9.14. The number of ether oxygens (including phenoxy) is 1. The van der Waals surface area contributed by atoms with E-state index in [2.05, 4.69) is 10.3 Å². The summed E-state index contributed by atoms with van der Waals surface area (Å²) >= 11 is 5.88. The first kappa shape index (κ1) is 22.4. The third kappa shape index (κ3) is 4.27. The number of methoxy groups -OCH3 is 1. The van der Waals surface area contributed by atoms with Gasteiger partial charge < -0.3 is 15.8 Å². The van der Waals surface area contributed by atoms with Gasteiger partial charge in [0.1, 0.15) is 11.5 Å². The Morgan fingerprint density at radius 3 is 2.50 bits per heavy atom. The number of nitrogens with zero attached hydrogens (tertiary/aromatic N) is 3. The number of amides is 1. The minimum Gasteiger partial charge on any atom is -0.382 e. The minimum atomic E-state index is -0.782. The van der Waals surface area contributed by atoms with Gasteiger partial charge in [0, 0.05) is 30.5 Å². The molecule has 1 aliphatic heterocycles. The third-order valence-electron chi connectivity index (χ3n) is 6.43. The van der Waals surface area contributed by atoms with Crippen LogP contribution in [-0.4, -0.2) is 35.7 Å². The van der Waals surface area contributed by atoms with E-state index < -0.39 is 5.66 Å². The number of aryl methyl sites for hydroxylation is 1. The lowest BCUT2D eigenvalue weighted by Crippen LogP contribution is -2.36. The number of benzene rings is 1. The van der Waals surface area contributed by atoms with Crippen molar-refractivity contribution in [3.63, 3.8) is 0 Å². The van der Waals surface area contributed by atoms with Gasteiger partial charge in [-0.3, -0.25) is 9.79 Å². The van der Waals surface area contributed by atoms with Crippen LogP contribution in [0, 0.1) is 12.8 Å². The summed E-state index contributed by atoms with van der Waals surface area (Å²) in [7, 11) is 1.76. The first-order chi connectivity index (χ1) is 15.3. The van der Waals surface area contributed by atoms with Crippen molar-refractivity contribution in [2.75, 3.05) is 12.4 Å². The normalized spacial score (nSPS) is 25.2. The van der Waals surface area contributed by atoms with Crippen LogP contribution in [0.1, 0.15) is 54.2 Å². The summed E-state index contributed by atoms with van der Waals surface area (Å²) in [5.74, 6) is 0.366. The number of amidine groups is 1. The maximum absolute atomic E-state index is 12.7. The third-order valence-corrected chi connectivity index (χ3v) is 6.65. The number of rotatable bonds is 5. The maximum Gasteiger partial charge on any atom is 0.274 e. The first-order valence-electron chi connectivity index (χ1n) is 10.8. The molecule has 0 saturated heterocycles. The van der Waals surface area contributed by atoms with Crippen LogP contribution in [0.5, 0.6) is 0 Å². The fourth-order valence-electron chi connectivity index (χ4n) is 4.63. The monoisotopic (exact) mass is 453 g/mol. The molecule has 1 amide bonds. The molecule has 7 nitrogen and oxygen atoms in total. The predicted octanol–water partition coefficient (Wildman–Crippen LogP) is 4.49. The fraction of sp³-hybridized carbons (Fsp3) is 0.417. The van der Waals surface area contributed by atoms with Crippen LogP contribution in [0.15, 0.2) is 46.5 Å². The summed E-state index contributed by atoms with van der Waals surface area (Å²) in [6.45, 7) is 3.94. The number of aromatic nitrogens is 1. The first-order valence-corrected chi connectivity index (χ1v) is 11.2. The molecule has 1 fully saturated rings. The van der Waals surface area contributed by atoms with Crippen molar-refractivity contribution in [3.8, 4) is 0 Å². The van der Waals surface area contributed by atoms with Crippen LogP contribution in [0.4, 0.5) is 5.69 Å². The van der Waals surface area contributed by atoms with Gasteiger partial charge in [0.2, 0.25) is 0 Å². The van der Waals surface area contributed by atoms with Crippen LogP contribution in [0.3, 0.4) is 0 Å². The van der Waals surface area contributed by atoms with E-state index in [1.165, 1.54) is 6.20 Å². The topological polar surface area (TPSA) is 102 Å². The van der Waals surface area contributed by atoms with Crippen LogP contribution < -0.4 is 11.1 Å². The van der Waals surface area contributed by atoms with Crippen molar-refractivity contribution >= 4 is 34.7 Å². The van der Waals surface area contributed by atoms with Crippen molar-refractivity contribution in [1.29, 1.82) is 0 Å². The number of nitrogens with one attached hydrogen (secondary N) is 1. The van der Waals surface area contributed by atoms with Crippen molar-refractivity contribution < 1.29 is 9.53 Å². The van der Waals surface area contributed by atoms with Gasteiger partial charge in [-0.2, -0.15) is 0 Å². The standard InChI is InChI=1S/C24H28ClN5O2/c1-14-4-8-18(28-23(31)21-11-7-17(25)13-27-21)12-20(14)24(29-15(2)22(26)30-24)16-5-9-19(32-3)10-6-16/h4,7-8,11-13,16,19H,5-6,9-10H2,1-3H3,(H2,26,30)(H,28,31). The number of halogens is 1. The Morgan fingerprint density at radius 1 is 1.16 bits per heavy atom. The van der Waals surface area contributed by atoms with E-state index in [9.17, 15) is 4.79 Å². The number of pyridine rings is 1. The highest BCUT2D eigenvalue weighted by Crippen LogP contribution is 2.47. The number of nitrogens with two attached hydrogens (primary N) is 1. The second-order valence-electron chi connectivity index (χ2n) is 8.48. The van der Waals surface area contributed by atoms with E-state index in [1.807, 2.05) is 32.0 Å². The molecule has 1 saturated carbocycles. The number of carbonyl (C=O) groups is 1. The van der Waals surface area contributed by atoms with Crippen LogP contribution in [-0.2, 0) is 10.4 Å². The van der Waals surface area contributed by atoms with Crippen LogP contribution in [0.2, 0.25) is 5.02 Å². The molecule has 2 aromatic rings. The van der Waals surface area contributed by atoms with Gasteiger partial charge in [-0.05, 0) is 69.4 Å². The van der Waals surface area contributed by atoms with Crippen LogP contribution in [0.25, 0.3) is 0 Å². The zero-order chi connectivity index (χ0) is 22.9. The molecule has 1 aromatic heterocycles. The Labute approximate surface area is 193 Å². The van der Waals surface area contributed by atoms with Gasteiger partial charge in [0.05, 0.1) is 16.8 Å². The molecule has 32 heavy (non-hydrogen) atoms. The second kappa shape index (κ2) is 9.00. The van der Waals surface area contributed by atoms with Crippen molar-refractivity contribution in [3.05, 3.63) is 58.4 Å². The smallest absolute Gasteiger partial charge is 0.274 e. The van der Waals surface area contributed by atoms with E-state index >= 15 is 0 Å². The Morgan fingerprint density at radius 2 is 1.91 bits per heavy atom. The van der Waals surface area contributed by atoms with Gasteiger partial charge >= 0.3 is 0 Å². The van der Waals surface area contributed by atoms with E-state index in [0.29, 0.717) is 22.2 Å². The lowest BCUT2D eigenvalue weighted by atomic mass is 9.75. The van der Waals surface area contributed by atoms with Gasteiger partial charge in [0.25, 0.3) is 5.91 Å². The van der Waals surface area contributed by atoms with Crippen molar-refractivity contribution in [2.45, 2.75) is 51.3 Å². The molecule has 0 spiro atoms. The second-order valence-corrected chi connectivity index (χ2v) is 8.91. The molecule has 2 heterocycles. The van der Waals surface area contributed by atoms with Gasteiger partial charge in [-0.1, -0.05) is 17.7 Å². The number of carbonyl (C=O) groups excluding carboxylic acids is 1. The average Bonchev–Trinajstić information content (AvgIpc) is 3.10. The zero-order valence-electron chi connectivity index (χ0n) is 18.6. The molecule has 3 N–H and O–H groups in total. The Balaban J connectivity index is 1.68. The van der Waals surface area contributed by atoms with Crippen LogP contribution >= 0.6 is 11.6 Å². The number of hydrogen-bond donors (Lipinski definition) is 2. The molecule has 1 atom stereocenters. The SMILES string of the molecule is COC1CCC(C2(c3cc(NC(=O)c4ccc(Cl)cn4)ccc3C)N=C(C)C(N)=N2)CC1. The molecule has 8 heteroatoms. The Bertz CT molecular complexity index is 1050. The van der Waals surface area contributed by atoms with E-state index in [-0.39, 0.29) is 17.9 Å². The highest BCUT2D eigenvalue weighted by molar-refractivity contribution is 6.41. The summed E-state index contributed by atoms with van der Waals surface area (Å²) in [6, 6.07) is 9.06. The van der Waals surface area contributed by atoms with E-state index in [4.69, 9.17) is 32.1 Å². The highest BCUT2D eigenvalue weighted by Gasteiger charge is 2.46. The fourth-order valence-corrected chi connectivity index (χ4v) is 4.74. The molecule has 0 radical (unpaired) electrons. The maximum atomic E-state index is 12.7. The number of hydrogen-bond acceptors (Lipinski definition) is 6. The highest BCUT2D eigenvalue weighted by atomic mass is 35.5. The number of aliphatic imine (C=N–C) groups is 2. The van der Waals surface area contributed by atoms with E-state index in [1.54, 1.807) is 19.2 Å². The van der Waals surface area contributed by atoms with Gasteiger partial charge in [-0.15, -0.1) is 0 Å². The van der Waals surface area contributed by atoms with Gasteiger partial charge in [-0.25, -0.2) is 9.98 Å². The molecule has 4 rings (SSSR count). The molecular formula is C24H28ClN5O2. The molecule has 2 aliphatic rings. The lowest BCUT2D eigenvalue weighted by molar-refractivity contribution is 0.0426. The van der Waals surface area contributed by atoms with Crippen molar-refractivity contribution in [2.24, 2.45) is 21.6 Å². The molecule has 0 bridgehead atoms. The van der Waals surface area contributed by atoms with Gasteiger partial charge in [0.15, 0.2) is 5.66 Å². The summed E-state index contributed by atoms with van der Waals surface area (Å²) in [6.07, 6.45) is 5.54. The summed E-state index contributed by atoms with van der Waals surface area (Å²) < 4.78 is 5.56. The zero-order valence-corrected chi connectivity index (χ0v) is 19.3. The molecule has 168 valence electrons. The van der Waals surface area contributed by atoms with E-state index in [0.717, 1.165) is 42.5 Å². The summed E-state index contributed by atoms with van der Waals surface area (Å²) in [4.78, 5) is 26.7. The number of anilines is 1. The molecule has 1 aliphatic carbocycles. The average molecular weight is 454 g/mol. The predicted molar refractivity (Wildman–Crippen MR) is 128 cm³/mol. The minimum absolute atomic E-state index is 0.201. The largest absolute Gasteiger partial charge is 0.382 e. The Kier molecular flexibility index (Phi) is 6.31. The molecule has 1 aromatic carbocycles. The molecule has 1 unspecified atom stereocenters. The lowest BCUT2D eigenvalue weighted by Gasteiger charge is -2.38. The van der Waals surface area contributed by atoms with Crippen molar-refractivity contribution in [1.82, 2.24) is 4.98 Å². The quantitative estimate of drug-likeness (QED) is 0.696. The molecular weight excluding hydrogens is 426 g/mol.